The van der Waals surface area contributed by atoms with Crippen molar-refractivity contribution in [3.63, 3.8) is 0 Å². The standard InChI is InChI=1S/C12H21NO/c14-12(11-2-1-3-11)5-4-10-6-8-13-9-7-10/h10-11,13H,1-9H2. The fraction of sp³-hybridized carbons (Fsp3) is 0.917. The lowest BCUT2D eigenvalue weighted by Gasteiger charge is -2.26. The van der Waals surface area contributed by atoms with Crippen molar-refractivity contribution >= 4 is 5.78 Å². The zero-order valence-corrected chi connectivity index (χ0v) is 8.93. The Morgan fingerprint density at radius 3 is 2.43 bits per heavy atom. The van der Waals surface area contributed by atoms with E-state index in [1.54, 1.807) is 0 Å². The van der Waals surface area contributed by atoms with Crippen LogP contribution in [0.2, 0.25) is 0 Å². The molecule has 80 valence electrons. The average molecular weight is 195 g/mol. The van der Waals surface area contributed by atoms with Gasteiger partial charge >= 0.3 is 0 Å². The predicted octanol–water partition coefficient (Wildman–Crippen LogP) is 2.14. The van der Waals surface area contributed by atoms with E-state index >= 15 is 0 Å². The van der Waals surface area contributed by atoms with Crippen molar-refractivity contribution in [2.45, 2.75) is 44.9 Å². The molecule has 0 spiro atoms. The van der Waals surface area contributed by atoms with E-state index in [2.05, 4.69) is 5.32 Å². The van der Waals surface area contributed by atoms with E-state index in [0.717, 1.165) is 31.8 Å². The predicted molar refractivity (Wildman–Crippen MR) is 57.2 cm³/mol. The lowest BCUT2D eigenvalue weighted by Crippen LogP contribution is -2.29. The first kappa shape index (κ1) is 10.2. The van der Waals surface area contributed by atoms with Gasteiger partial charge in [-0.1, -0.05) is 6.42 Å². The first-order valence-electron chi connectivity index (χ1n) is 6.09. The van der Waals surface area contributed by atoms with Crippen LogP contribution in [0.4, 0.5) is 0 Å². The van der Waals surface area contributed by atoms with E-state index in [0.29, 0.717) is 11.7 Å². The summed E-state index contributed by atoms with van der Waals surface area (Å²) in [6, 6.07) is 0. The number of hydrogen-bond acceptors (Lipinski definition) is 2. The molecule has 14 heavy (non-hydrogen) atoms. The van der Waals surface area contributed by atoms with Crippen LogP contribution >= 0.6 is 0 Å². The minimum Gasteiger partial charge on any atom is -0.317 e. The first-order chi connectivity index (χ1) is 6.86. The zero-order valence-electron chi connectivity index (χ0n) is 8.93. The molecule has 2 nitrogen and oxygen atoms in total. The molecule has 0 atom stereocenters. The van der Waals surface area contributed by atoms with Crippen LogP contribution in [0.3, 0.4) is 0 Å². The second-order valence-corrected chi connectivity index (χ2v) is 4.83. The van der Waals surface area contributed by atoms with Crippen LogP contribution in [0.5, 0.6) is 0 Å². The van der Waals surface area contributed by atoms with Gasteiger partial charge in [-0.25, -0.2) is 0 Å². The lowest BCUT2D eigenvalue weighted by atomic mass is 9.79. The van der Waals surface area contributed by atoms with Crippen molar-refractivity contribution in [1.82, 2.24) is 5.32 Å². The van der Waals surface area contributed by atoms with E-state index in [4.69, 9.17) is 0 Å². The second-order valence-electron chi connectivity index (χ2n) is 4.83. The van der Waals surface area contributed by atoms with Crippen LogP contribution in [0, 0.1) is 11.8 Å². The molecule has 1 aliphatic heterocycles. The number of carbonyl (C=O) groups excluding carboxylic acids is 1. The third kappa shape index (κ3) is 2.57. The summed E-state index contributed by atoms with van der Waals surface area (Å²) in [6.45, 7) is 2.31. The summed E-state index contributed by atoms with van der Waals surface area (Å²) >= 11 is 0. The van der Waals surface area contributed by atoms with Crippen molar-refractivity contribution < 1.29 is 4.79 Å². The molecule has 1 aliphatic carbocycles. The SMILES string of the molecule is O=C(CCC1CCNCC1)C1CCC1. The number of piperidine rings is 1. The third-order valence-electron chi connectivity index (χ3n) is 3.82. The Hall–Kier alpha value is -0.370. The van der Waals surface area contributed by atoms with E-state index in [9.17, 15) is 4.79 Å². The molecule has 2 rings (SSSR count). The number of Topliss-reactive ketones (excluding diaryl/α,β-unsaturated/α-hetero) is 1. The van der Waals surface area contributed by atoms with Crippen LogP contribution in [-0.4, -0.2) is 18.9 Å². The van der Waals surface area contributed by atoms with Gasteiger partial charge in [0.1, 0.15) is 5.78 Å². The molecule has 0 bridgehead atoms. The van der Waals surface area contributed by atoms with Crippen molar-refractivity contribution in [3.8, 4) is 0 Å². The highest BCUT2D eigenvalue weighted by atomic mass is 16.1. The van der Waals surface area contributed by atoms with Gasteiger partial charge in [0.15, 0.2) is 0 Å². The van der Waals surface area contributed by atoms with Gasteiger partial charge in [0.05, 0.1) is 0 Å². The fourth-order valence-electron chi connectivity index (χ4n) is 2.45. The van der Waals surface area contributed by atoms with Gasteiger partial charge in [-0.15, -0.1) is 0 Å². The Bertz CT molecular complexity index is 192. The summed E-state index contributed by atoms with van der Waals surface area (Å²) in [5.41, 5.74) is 0. The molecule has 1 saturated carbocycles. The van der Waals surface area contributed by atoms with Gasteiger partial charge in [0.25, 0.3) is 0 Å². The van der Waals surface area contributed by atoms with Gasteiger partial charge in [-0.3, -0.25) is 4.79 Å². The molecular formula is C12H21NO. The summed E-state index contributed by atoms with van der Waals surface area (Å²) in [7, 11) is 0. The second kappa shape index (κ2) is 4.92. The van der Waals surface area contributed by atoms with Crippen LogP contribution in [0.25, 0.3) is 0 Å². The Labute approximate surface area is 86.5 Å². The third-order valence-corrected chi connectivity index (χ3v) is 3.82. The van der Waals surface area contributed by atoms with Crippen molar-refractivity contribution in [1.29, 1.82) is 0 Å². The maximum absolute atomic E-state index is 11.7. The summed E-state index contributed by atoms with van der Waals surface area (Å²) in [6.07, 6.45) is 8.18. The summed E-state index contributed by atoms with van der Waals surface area (Å²) in [4.78, 5) is 11.7. The quantitative estimate of drug-likeness (QED) is 0.744. The average Bonchev–Trinajstić information content (AvgIpc) is 2.14. The molecule has 0 unspecified atom stereocenters. The van der Waals surface area contributed by atoms with E-state index < -0.39 is 0 Å². The minimum atomic E-state index is 0.455. The van der Waals surface area contributed by atoms with Crippen LogP contribution < -0.4 is 5.32 Å². The molecule has 2 heteroatoms. The highest BCUT2D eigenvalue weighted by Crippen LogP contribution is 2.29. The van der Waals surface area contributed by atoms with Gasteiger partial charge in [0, 0.05) is 12.3 Å². The molecule has 0 aromatic carbocycles. The molecular weight excluding hydrogens is 174 g/mol. The maximum Gasteiger partial charge on any atom is 0.135 e. The first-order valence-corrected chi connectivity index (χ1v) is 6.09. The number of hydrogen-bond donors (Lipinski definition) is 1. The van der Waals surface area contributed by atoms with Gasteiger partial charge in [0.2, 0.25) is 0 Å². The zero-order chi connectivity index (χ0) is 9.80. The largest absolute Gasteiger partial charge is 0.317 e. The fourth-order valence-corrected chi connectivity index (χ4v) is 2.45. The monoisotopic (exact) mass is 195 g/mol. The van der Waals surface area contributed by atoms with Crippen LogP contribution in [0.1, 0.15) is 44.9 Å². The van der Waals surface area contributed by atoms with Crippen molar-refractivity contribution in [3.05, 3.63) is 0 Å². The topological polar surface area (TPSA) is 29.1 Å². The summed E-state index contributed by atoms with van der Waals surface area (Å²) < 4.78 is 0. The molecule has 2 fully saturated rings. The Morgan fingerprint density at radius 2 is 1.86 bits per heavy atom. The van der Waals surface area contributed by atoms with E-state index in [-0.39, 0.29) is 0 Å². The van der Waals surface area contributed by atoms with Crippen molar-refractivity contribution in [2.24, 2.45) is 11.8 Å². The molecule has 1 saturated heterocycles. The summed E-state index contributed by atoms with van der Waals surface area (Å²) in [5.74, 6) is 1.83. The van der Waals surface area contributed by atoms with Gasteiger partial charge in [-0.2, -0.15) is 0 Å². The van der Waals surface area contributed by atoms with Gasteiger partial charge in [-0.05, 0) is 51.1 Å². The molecule has 0 aromatic rings. The van der Waals surface area contributed by atoms with Crippen LogP contribution in [-0.2, 0) is 4.79 Å². The summed E-state index contributed by atoms with van der Waals surface area (Å²) in [5, 5.41) is 3.36. The van der Waals surface area contributed by atoms with E-state index in [1.165, 1.54) is 32.1 Å². The van der Waals surface area contributed by atoms with Gasteiger partial charge < -0.3 is 5.32 Å². The van der Waals surface area contributed by atoms with Crippen LogP contribution in [0.15, 0.2) is 0 Å². The molecule has 0 amide bonds. The molecule has 0 radical (unpaired) electrons. The molecule has 2 aliphatic rings. The molecule has 0 aromatic heterocycles. The number of rotatable bonds is 4. The highest BCUT2D eigenvalue weighted by molar-refractivity contribution is 5.81. The minimum absolute atomic E-state index is 0.455. The Balaban J connectivity index is 1.62. The highest BCUT2D eigenvalue weighted by Gasteiger charge is 2.25. The number of nitrogens with one attached hydrogen (secondary N) is 1. The number of carbonyl (C=O) groups is 1. The maximum atomic E-state index is 11.7. The molecule has 1 heterocycles. The Morgan fingerprint density at radius 1 is 1.14 bits per heavy atom. The van der Waals surface area contributed by atoms with Crippen molar-refractivity contribution in [2.75, 3.05) is 13.1 Å². The van der Waals surface area contributed by atoms with E-state index in [1.807, 2.05) is 0 Å². The normalized spacial score (nSPS) is 24.6. The smallest absolute Gasteiger partial charge is 0.135 e. The molecule has 1 N–H and O–H groups in total. The lowest BCUT2D eigenvalue weighted by molar-refractivity contribution is -0.125. The number of ketones is 1. The Kier molecular flexibility index (Phi) is 3.57.